The Morgan fingerprint density at radius 3 is 2.76 bits per heavy atom. The van der Waals surface area contributed by atoms with Gasteiger partial charge in [-0.3, -0.25) is 0 Å². The normalized spacial score (nSPS) is 11.9. The fraction of sp³-hybridized carbons (Fsp3) is 0.538. The van der Waals surface area contributed by atoms with Gasteiger partial charge in [0.25, 0.3) is 0 Å². The molecule has 1 aromatic heterocycles. The van der Waals surface area contributed by atoms with Gasteiger partial charge in [-0.05, 0) is 20.3 Å². The van der Waals surface area contributed by atoms with E-state index in [4.69, 9.17) is 18.0 Å². The van der Waals surface area contributed by atoms with E-state index < -0.39 is 0 Å². The zero-order chi connectivity index (χ0) is 12.8. The van der Waals surface area contributed by atoms with Crippen LogP contribution in [0.25, 0.3) is 0 Å². The molecular weight excluding hydrogens is 234 g/mol. The topological polar surface area (TPSA) is 37.8 Å². The van der Waals surface area contributed by atoms with Crippen LogP contribution in [0.3, 0.4) is 0 Å². The standard InChI is InChI=1S/C13H18ClN3/c1-5-7-9(3)15-13-10(4)12(14)16-11(17-13)8-6-2/h1,9H,6-8H2,2-4H3,(H,15,16,17). The third-order valence-corrected chi connectivity index (χ3v) is 2.78. The maximum absolute atomic E-state index is 6.08. The summed E-state index contributed by atoms with van der Waals surface area (Å²) < 4.78 is 0. The van der Waals surface area contributed by atoms with Crippen LogP contribution in [0, 0.1) is 19.3 Å². The lowest BCUT2D eigenvalue weighted by atomic mass is 10.2. The fourth-order valence-electron chi connectivity index (χ4n) is 1.47. The summed E-state index contributed by atoms with van der Waals surface area (Å²) in [7, 11) is 0. The van der Waals surface area contributed by atoms with Crippen LogP contribution in [0.4, 0.5) is 5.82 Å². The van der Waals surface area contributed by atoms with Crippen LogP contribution in [0.5, 0.6) is 0 Å². The molecule has 92 valence electrons. The molecule has 0 saturated carbocycles. The summed E-state index contributed by atoms with van der Waals surface area (Å²) in [6.07, 6.45) is 7.77. The highest BCUT2D eigenvalue weighted by molar-refractivity contribution is 6.30. The van der Waals surface area contributed by atoms with Crippen LogP contribution in [-0.2, 0) is 6.42 Å². The maximum atomic E-state index is 6.08. The molecule has 4 heteroatoms. The summed E-state index contributed by atoms with van der Waals surface area (Å²) >= 11 is 6.08. The molecule has 0 aromatic carbocycles. The van der Waals surface area contributed by atoms with E-state index in [-0.39, 0.29) is 6.04 Å². The Morgan fingerprint density at radius 2 is 2.18 bits per heavy atom. The third-order valence-electron chi connectivity index (χ3n) is 2.41. The first-order valence-corrected chi connectivity index (χ1v) is 6.19. The number of nitrogens with one attached hydrogen (secondary N) is 1. The molecule has 1 atom stereocenters. The molecule has 0 aliphatic heterocycles. The van der Waals surface area contributed by atoms with E-state index in [1.807, 2.05) is 13.8 Å². The molecule has 3 nitrogen and oxygen atoms in total. The number of aromatic nitrogens is 2. The average Bonchev–Trinajstić information content (AvgIpc) is 2.26. The van der Waals surface area contributed by atoms with Gasteiger partial charge in [-0.15, -0.1) is 12.3 Å². The van der Waals surface area contributed by atoms with Gasteiger partial charge in [-0.2, -0.15) is 0 Å². The minimum absolute atomic E-state index is 0.180. The van der Waals surface area contributed by atoms with Crippen molar-refractivity contribution in [3.63, 3.8) is 0 Å². The summed E-state index contributed by atoms with van der Waals surface area (Å²) in [6.45, 7) is 6.02. The third kappa shape index (κ3) is 3.90. The van der Waals surface area contributed by atoms with E-state index in [0.29, 0.717) is 11.6 Å². The molecule has 0 spiro atoms. The molecule has 0 radical (unpaired) electrons. The lowest BCUT2D eigenvalue weighted by Crippen LogP contribution is -2.17. The molecule has 1 aromatic rings. The lowest BCUT2D eigenvalue weighted by Gasteiger charge is -2.15. The van der Waals surface area contributed by atoms with Crippen molar-refractivity contribution in [1.29, 1.82) is 0 Å². The van der Waals surface area contributed by atoms with Crippen LogP contribution >= 0.6 is 11.6 Å². The van der Waals surface area contributed by atoms with Gasteiger partial charge in [0.2, 0.25) is 0 Å². The second-order valence-corrected chi connectivity index (χ2v) is 4.47. The van der Waals surface area contributed by atoms with E-state index in [1.54, 1.807) is 0 Å². The van der Waals surface area contributed by atoms with Crippen molar-refractivity contribution in [3.05, 3.63) is 16.5 Å². The van der Waals surface area contributed by atoms with Crippen LogP contribution in [0.2, 0.25) is 5.15 Å². The summed E-state index contributed by atoms with van der Waals surface area (Å²) in [5.74, 6) is 4.19. The van der Waals surface area contributed by atoms with E-state index in [0.717, 1.165) is 30.0 Å². The highest BCUT2D eigenvalue weighted by atomic mass is 35.5. The Labute approximate surface area is 108 Å². The first kappa shape index (κ1) is 13.8. The van der Waals surface area contributed by atoms with Gasteiger partial charge < -0.3 is 5.32 Å². The number of anilines is 1. The van der Waals surface area contributed by atoms with E-state index in [9.17, 15) is 0 Å². The molecule has 0 amide bonds. The van der Waals surface area contributed by atoms with Crippen molar-refractivity contribution in [1.82, 2.24) is 9.97 Å². The minimum atomic E-state index is 0.180. The monoisotopic (exact) mass is 251 g/mol. The highest BCUT2D eigenvalue weighted by Gasteiger charge is 2.10. The molecule has 0 saturated heterocycles. The second kappa shape index (κ2) is 6.46. The Bertz CT molecular complexity index is 423. The largest absolute Gasteiger partial charge is 0.366 e. The Morgan fingerprint density at radius 1 is 1.47 bits per heavy atom. The predicted octanol–water partition coefficient (Wildman–Crippen LogP) is 3.21. The summed E-state index contributed by atoms with van der Waals surface area (Å²) in [5.41, 5.74) is 0.871. The SMILES string of the molecule is C#CCC(C)Nc1nc(CCC)nc(Cl)c1C. The number of hydrogen-bond donors (Lipinski definition) is 1. The van der Waals surface area contributed by atoms with Gasteiger partial charge in [-0.1, -0.05) is 18.5 Å². The Hall–Kier alpha value is -1.27. The molecule has 1 N–H and O–H groups in total. The number of halogens is 1. The summed E-state index contributed by atoms with van der Waals surface area (Å²) in [5, 5.41) is 3.79. The molecule has 0 aliphatic rings. The first-order chi connectivity index (χ1) is 8.08. The molecular formula is C13H18ClN3. The van der Waals surface area contributed by atoms with Crippen LogP contribution in [-0.4, -0.2) is 16.0 Å². The van der Waals surface area contributed by atoms with Gasteiger partial charge in [0.05, 0.1) is 0 Å². The summed E-state index contributed by atoms with van der Waals surface area (Å²) in [4.78, 5) is 8.72. The number of hydrogen-bond acceptors (Lipinski definition) is 3. The van der Waals surface area contributed by atoms with Gasteiger partial charge >= 0.3 is 0 Å². The van der Waals surface area contributed by atoms with Gasteiger partial charge in [0.1, 0.15) is 16.8 Å². The Balaban J connectivity index is 2.93. The summed E-state index contributed by atoms with van der Waals surface area (Å²) in [6, 6.07) is 0.180. The quantitative estimate of drug-likeness (QED) is 0.645. The molecule has 1 rings (SSSR count). The zero-order valence-corrected chi connectivity index (χ0v) is 11.3. The molecule has 1 heterocycles. The second-order valence-electron chi connectivity index (χ2n) is 4.11. The minimum Gasteiger partial charge on any atom is -0.366 e. The highest BCUT2D eigenvalue weighted by Crippen LogP contribution is 2.21. The predicted molar refractivity (Wildman–Crippen MR) is 72.3 cm³/mol. The number of rotatable bonds is 5. The molecule has 0 fully saturated rings. The number of nitrogens with zero attached hydrogens (tertiary/aromatic N) is 2. The van der Waals surface area contributed by atoms with Gasteiger partial charge in [0, 0.05) is 24.4 Å². The van der Waals surface area contributed by atoms with Crippen LogP contribution in [0.1, 0.15) is 38.1 Å². The number of aryl methyl sites for hydroxylation is 1. The lowest BCUT2D eigenvalue weighted by molar-refractivity contribution is 0.795. The van der Waals surface area contributed by atoms with Crippen molar-refractivity contribution in [2.24, 2.45) is 0 Å². The molecule has 1 unspecified atom stereocenters. The van der Waals surface area contributed by atoms with Gasteiger partial charge in [-0.25, -0.2) is 9.97 Å². The van der Waals surface area contributed by atoms with E-state index in [1.165, 1.54) is 0 Å². The smallest absolute Gasteiger partial charge is 0.137 e. The Kier molecular flexibility index (Phi) is 5.24. The average molecular weight is 252 g/mol. The number of terminal acetylenes is 1. The fourth-order valence-corrected chi connectivity index (χ4v) is 1.66. The van der Waals surface area contributed by atoms with Gasteiger partial charge in [0.15, 0.2) is 0 Å². The molecule has 0 aliphatic carbocycles. The zero-order valence-electron chi connectivity index (χ0n) is 10.5. The van der Waals surface area contributed by atoms with Crippen molar-refractivity contribution in [2.75, 3.05) is 5.32 Å². The van der Waals surface area contributed by atoms with Crippen LogP contribution in [0.15, 0.2) is 0 Å². The van der Waals surface area contributed by atoms with Crippen molar-refractivity contribution < 1.29 is 0 Å². The van der Waals surface area contributed by atoms with Crippen LogP contribution < -0.4 is 5.32 Å². The van der Waals surface area contributed by atoms with Crippen molar-refractivity contribution >= 4 is 17.4 Å². The molecule has 0 bridgehead atoms. The maximum Gasteiger partial charge on any atom is 0.137 e. The van der Waals surface area contributed by atoms with E-state index in [2.05, 4.69) is 28.1 Å². The van der Waals surface area contributed by atoms with E-state index >= 15 is 0 Å². The van der Waals surface area contributed by atoms with Crippen molar-refractivity contribution in [3.8, 4) is 12.3 Å². The first-order valence-electron chi connectivity index (χ1n) is 5.81. The molecule has 17 heavy (non-hydrogen) atoms. The van der Waals surface area contributed by atoms with Crippen molar-refractivity contribution in [2.45, 2.75) is 46.1 Å².